The molecule has 0 aliphatic carbocycles. The normalized spacial score (nSPS) is 14.8. The standard InChI is InChI=1S/C27H25ClO5/c1-17-5-7-18(8-6-17)3-2-4-24(29)19-9-11-20(12-10-19)33-26-16-25-22(15-23(26)28)21(27(30)31)13-14-32-25/h5-12,15-16,21H,2-4,13-14H2,1H3,(H,30,31). The van der Waals surface area contributed by atoms with Gasteiger partial charge in [0.2, 0.25) is 0 Å². The first kappa shape index (κ1) is 22.9. The highest BCUT2D eigenvalue weighted by Gasteiger charge is 2.29. The molecule has 1 atom stereocenters. The molecule has 0 radical (unpaired) electrons. The second-order valence-electron chi connectivity index (χ2n) is 8.24. The summed E-state index contributed by atoms with van der Waals surface area (Å²) in [6, 6.07) is 18.5. The molecule has 170 valence electrons. The number of ketones is 1. The number of halogens is 1. The van der Waals surface area contributed by atoms with Crippen LogP contribution < -0.4 is 9.47 Å². The summed E-state index contributed by atoms with van der Waals surface area (Å²) in [5.41, 5.74) is 3.65. The quantitative estimate of drug-likeness (QED) is 0.380. The third-order valence-corrected chi connectivity index (χ3v) is 6.09. The van der Waals surface area contributed by atoms with Crippen LogP contribution in [0.15, 0.2) is 60.7 Å². The fourth-order valence-corrected chi connectivity index (χ4v) is 4.12. The number of carbonyl (C=O) groups is 2. The van der Waals surface area contributed by atoms with Gasteiger partial charge in [-0.2, -0.15) is 0 Å². The fourth-order valence-electron chi connectivity index (χ4n) is 3.91. The van der Waals surface area contributed by atoms with E-state index in [0.717, 1.165) is 12.8 Å². The summed E-state index contributed by atoms with van der Waals surface area (Å²) in [6.07, 6.45) is 2.54. The van der Waals surface area contributed by atoms with Gasteiger partial charge in [0.05, 0.1) is 17.5 Å². The van der Waals surface area contributed by atoms with E-state index in [9.17, 15) is 14.7 Å². The Morgan fingerprint density at radius 1 is 1.09 bits per heavy atom. The van der Waals surface area contributed by atoms with Gasteiger partial charge >= 0.3 is 5.97 Å². The second kappa shape index (κ2) is 10.1. The first-order chi connectivity index (χ1) is 15.9. The Labute approximate surface area is 197 Å². The molecule has 0 amide bonds. The number of aliphatic carboxylic acids is 1. The van der Waals surface area contributed by atoms with Crippen LogP contribution in [-0.2, 0) is 11.2 Å². The van der Waals surface area contributed by atoms with E-state index in [4.69, 9.17) is 21.1 Å². The maximum atomic E-state index is 12.5. The van der Waals surface area contributed by atoms with Gasteiger partial charge in [-0.25, -0.2) is 0 Å². The maximum Gasteiger partial charge on any atom is 0.311 e. The van der Waals surface area contributed by atoms with Crippen LogP contribution in [0.4, 0.5) is 0 Å². The zero-order valence-corrected chi connectivity index (χ0v) is 19.1. The largest absolute Gasteiger partial charge is 0.493 e. The van der Waals surface area contributed by atoms with E-state index in [0.29, 0.717) is 52.8 Å². The molecule has 0 aromatic heterocycles. The van der Waals surface area contributed by atoms with E-state index in [-0.39, 0.29) is 5.78 Å². The topological polar surface area (TPSA) is 72.8 Å². The number of Topliss-reactive ketones (excluding diaryl/α,β-unsaturated/α-hetero) is 1. The van der Waals surface area contributed by atoms with Crippen molar-refractivity contribution in [2.24, 2.45) is 0 Å². The Hall–Kier alpha value is -3.31. The summed E-state index contributed by atoms with van der Waals surface area (Å²) in [6.45, 7) is 2.38. The molecule has 0 bridgehead atoms. The first-order valence-electron chi connectivity index (χ1n) is 11.0. The van der Waals surface area contributed by atoms with E-state index < -0.39 is 11.9 Å². The molecule has 1 N–H and O–H groups in total. The van der Waals surface area contributed by atoms with E-state index >= 15 is 0 Å². The number of fused-ring (bicyclic) bond motifs is 1. The average Bonchev–Trinajstić information content (AvgIpc) is 2.81. The molecule has 0 saturated carbocycles. The van der Waals surface area contributed by atoms with Gasteiger partial charge in [0.15, 0.2) is 5.78 Å². The van der Waals surface area contributed by atoms with Crippen molar-refractivity contribution in [3.8, 4) is 17.2 Å². The zero-order valence-electron chi connectivity index (χ0n) is 18.3. The molecule has 0 saturated heterocycles. The zero-order chi connectivity index (χ0) is 23.4. The van der Waals surface area contributed by atoms with Gasteiger partial charge in [0.1, 0.15) is 17.2 Å². The molecular weight excluding hydrogens is 440 g/mol. The van der Waals surface area contributed by atoms with Gasteiger partial charge in [-0.1, -0.05) is 41.4 Å². The Bertz CT molecular complexity index is 1150. The number of aryl methyl sites for hydroxylation is 2. The third-order valence-electron chi connectivity index (χ3n) is 5.80. The molecule has 3 aromatic carbocycles. The highest BCUT2D eigenvalue weighted by molar-refractivity contribution is 6.32. The number of carboxylic acid groups (broad SMARTS) is 1. The van der Waals surface area contributed by atoms with Crippen LogP contribution >= 0.6 is 11.6 Å². The van der Waals surface area contributed by atoms with Crippen LogP contribution in [0.3, 0.4) is 0 Å². The number of rotatable bonds is 8. The molecule has 1 aliphatic heterocycles. The van der Waals surface area contributed by atoms with Gasteiger partial charge < -0.3 is 14.6 Å². The summed E-state index contributed by atoms with van der Waals surface area (Å²) in [7, 11) is 0. The number of carbonyl (C=O) groups excluding carboxylic acids is 1. The van der Waals surface area contributed by atoms with E-state index in [2.05, 4.69) is 31.2 Å². The Balaban J connectivity index is 1.38. The smallest absolute Gasteiger partial charge is 0.311 e. The molecule has 5 nitrogen and oxygen atoms in total. The summed E-state index contributed by atoms with van der Waals surface area (Å²) in [5, 5.41) is 9.72. The highest BCUT2D eigenvalue weighted by atomic mass is 35.5. The van der Waals surface area contributed by atoms with Gasteiger partial charge in [0.25, 0.3) is 0 Å². The van der Waals surface area contributed by atoms with E-state index in [1.165, 1.54) is 11.1 Å². The summed E-state index contributed by atoms with van der Waals surface area (Å²) in [4.78, 5) is 24.0. The van der Waals surface area contributed by atoms with Crippen molar-refractivity contribution < 1.29 is 24.2 Å². The van der Waals surface area contributed by atoms with Crippen molar-refractivity contribution in [1.82, 2.24) is 0 Å². The second-order valence-corrected chi connectivity index (χ2v) is 8.64. The Kier molecular flexibility index (Phi) is 6.99. The van der Waals surface area contributed by atoms with Crippen molar-refractivity contribution in [2.75, 3.05) is 6.61 Å². The van der Waals surface area contributed by atoms with Crippen LogP contribution in [0.1, 0.15) is 52.2 Å². The molecule has 1 unspecified atom stereocenters. The highest BCUT2D eigenvalue weighted by Crippen LogP contribution is 2.41. The number of hydrogen-bond acceptors (Lipinski definition) is 4. The molecular formula is C27H25ClO5. The minimum atomic E-state index is -0.900. The summed E-state index contributed by atoms with van der Waals surface area (Å²) >= 11 is 6.35. The van der Waals surface area contributed by atoms with Crippen LogP contribution in [0.5, 0.6) is 17.2 Å². The van der Waals surface area contributed by atoms with Gasteiger partial charge in [-0.3, -0.25) is 9.59 Å². The van der Waals surface area contributed by atoms with E-state index in [1.807, 2.05) is 0 Å². The number of benzene rings is 3. The molecule has 6 heteroatoms. The monoisotopic (exact) mass is 464 g/mol. The number of carboxylic acids is 1. The Morgan fingerprint density at radius 3 is 2.52 bits per heavy atom. The lowest BCUT2D eigenvalue weighted by Gasteiger charge is -2.24. The van der Waals surface area contributed by atoms with Crippen molar-refractivity contribution in [3.05, 3.63) is 87.9 Å². The van der Waals surface area contributed by atoms with Crippen molar-refractivity contribution in [3.63, 3.8) is 0 Å². The van der Waals surface area contributed by atoms with E-state index in [1.54, 1.807) is 36.4 Å². The van der Waals surface area contributed by atoms with Crippen molar-refractivity contribution in [2.45, 2.75) is 38.5 Å². The maximum absolute atomic E-state index is 12.5. The van der Waals surface area contributed by atoms with Crippen LogP contribution in [0.2, 0.25) is 5.02 Å². The SMILES string of the molecule is Cc1ccc(CCCC(=O)c2ccc(Oc3cc4c(cc3Cl)C(C(=O)O)CCO4)cc2)cc1. The first-order valence-corrected chi connectivity index (χ1v) is 11.3. The lowest BCUT2D eigenvalue weighted by molar-refractivity contribution is -0.139. The minimum absolute atomic E-state index is 0.0913. The number of ether oxygens (including phenoxy) is 2. The molecule has 1 aliphatic rings. The molecule has 33 heavy (non-hydrogen) atoms. The predicted molar refractivity (Wildman–Crippen MR) is 127 cm³/mol. The van der Waals surface area contributed by atoms with Crippen LogP contribution in [0.25, 0.3) is 0 Å². The number of hydrogen-bond donors (Lipinski definition) is 1. The van der Waals surface area contributed by atoms with Gasteiger partial charge in [-0.05, 0) is 62.1 Å². The van der Waals surface area contributed by atoms with Gasteiger partial charge in [0, 0.05) is 23.6 Å². The lowest BCUT2D eigenvalue weighted by Crippen LogP contribution is -2.20. The van der Waals surface area contributed by atoms with Crippen molar-refractivity contribution >= 4 is 23.4 Å². The fraction of sp³-hybridized carbons (Fsp3) is 0.259. The lowest BCUT2D eigenvalue weighted by atomic mass is 9.93. The van der Waals surface area contributed by atoms with Gasteiger partial charge in [-0.15, -0.1) is 0 Å². The van der Waals surface area contributed by atoms with Crippen LogP contribution in [-0.4, -0.2) is 23.5 Å². The minimum Gasteiger partial charge on any atom is -0.493 e. The molecule has 0 spiro atoms. The average molecular weight is 465 g/mol. The summed E-state index contributed by atoms with van der Waals surface area (Å²) in [5.74, 6) is -0.0840. The van der Waals surface area contributed by atoms with Crippen molar-refractivity contribution in [1.29, 1.82) is 0 Å². The summed E-state index contributed by atoms with van der Waals surface area (Å²) < 4.78 is 11.5. The Morgan fingerprint density at radius 2 is 1.82 bits per heavy atom. The molecule has 1 heterocycles. The van der Waals surface area contributed by atoms with Crippen LogP contribution in [0, 0.1) is 6.92 Å². The molecule has 3 aromatic rings. The predicted octanol–water partition coefficient (Wildman–Crippen LogP) is 6.60. The third kappa shape index (κ3) is 5.55. The molecule has 4 rings (SSSR count). The molecule has 0 fully saturated rings.